The molecule has 0 aliphatic heterocycles. The SMILES string of the molecule is COc1ccc2[nH]c(=S)n(C(CN(C)C)C(C)C)c2c1. The molecule has 110 valence electrons. The minimum absolute atomic E-state index is 0.332. The number of H-pyrrole nitrogens is 1. The minimum atomic E-state index is 0.332. The molecular formula is C15H23N3OS. The monoisotopic (exact) mass is 293 g/mol. The van der Waals surface area contributed by atoms with Crippen molar-refractivity contribution in [2.75, 3.05) is 27.7 Å². The lowest BCUT2D eigenvalue weighted by Gasteiger charge is -2.26. The highest BCUT2D eigenvalue weighted by molar-refractivity contribution is 7.71. The third-order valence-electron chi connectivity index (χ3n) is 3.58. The predicted molar refractivity (Wildman–Crippen MR) is 86.1 cm³/mol. The largest absolute Gasteiger partial charge is 0.497 e. The third-order valence-corrected chi connectivity index (χ3v) is 3.88. The summed E-state index contributed by atoms with van der Waals surface area (Å²) in [6, 6.07) is 6.35. The molecule has 0 saturated carbocycles. The van der Waals surface area contributed by atoms with Gasteiger partial charge in [0.05, 0.1) is 24.2 Å². The molecule has 0 fully saturated rings. The second-order valence-corrected chi connectivity index (χ2v) is 6.14. The normalized spacial score (nSPS) is 13.3. The van der Waals surface area contributed by atoms with E-state index < -0.39 is 0 Å². The molecule has 20 heavy (non-hydrogen) atoms. The number of methoxy groups -OCH3 is 1. The van der Waals surface area contributed by atoms with Gasteiger partial charge in [-0.3, -0.25) is 0 Å². The molecule has 1 aromatic carbocycles. The third kappa shape index (κ3) is 2.88. The standard InChI is InChI=1S/C15H23N3OS/c1-10(2)14(9-17(3)4)18-13-8-11(19-5)6-7-12(13)16-15(18)20/h6-8,10,14H,9H2,1-5H3,(H,16,20). The van der Waals surface area contributed by atoms with Gasteiger partial charge in [-0.05, 0) is 44.4 Å². The second kappa shape index (κ2) is 5.97. The summed E-state index contributed by atoms with van der Waals surface area (Å²) in [6.07, 6.45) is 0. The first-order chi connectivity index (χ1) is 9.43. The van der Waals surface area contributed by atoms with Crippen LogP contribution in [0.1, 0.15) is 19.9 Å². The van der Waals surface area contributed by atoms with Crippen LogP contribution in [0.5, 0.6) is 5.75 Å². The average molecular weight is 293 g/mol. The van der Waals surface area contributed by atoms with Gasteiger partial charge in [-0.2, -0.15) is 0 Å². The number of benzene rings is 1. The molecule has 5 heteroatoms. The zero-order valence-corrected chi connectivity index (χ0v) is 13.6. The van der Waals surface area contributed by atoms with Crippen LogP contribution in [-0.4, -0.2) is 42.2 Å². The zero-order chi connectivity index (χ0) is 14.9. The quantitative estimate of drug-likeness (QED) is 0.857. The Hall–Kier alpha value is -1.33. The molecule has 0 radical (unpaired) electrons. The van der Waals surface area contributed by atoms with Gasteiger partial charge in [-0.15, -0.1) is 0 Å². The van der Waals surface area contributed by atoms with Gasteiger partial charge in [0.1, 0.15) is 5.75 Å². The molecule has 0 aliphatic carbocycles. The first-order valence-corrected chi connectivity index (χ1v) is 7.28. The molecule has 4 nitrogen and oxygen atoms in total. The van der Waals surface area contributed by atoms with Crippen molar-refractivity contribution in [2.24, 2.45) is 5.92 Å². The molecule has 1 heterocycles. The number of ether oxygens (including phenoxy) is 1. The lowest BCUT2D eigenvalue weighted by Crippen LogP contribution is -2.28. The van der Waals surface area contributed by atoms with Crippen LogP contribution in [0.4, 0.5) is 0 Å². The van der Waals surface area contributed by atoms with Crippen LogP contribution in [-0.2, 0) is 0 Å². The fourth-order valence-corrected chi connectivity index (χ4v) is 2.87. The Bertz CT molecular complexity index is 642. The summed E-state index contributed by atoms with van der Waals surface area (Å²) in [5.74, 6) is 1.35. The number of imidazole rings is 1. The molecule has 1 aromatic heterocycles. The van der Waals surface area contributed by atoms with E-state index in [-0.39, 0.29) is 0 Å². The molecule has 0 bridgehead atoms. The maximum Gasteiger partial charge on any atom is 0.178 e. The van der Waals surface area contributed by atoms with Crippen molar-refractivity contribution in [3.8, 4) is 5.75 Å². The van der Waals surface area contributed by atoms with Gasteiger partial charge in [-0.25, -0.2) is 0 Å². The Labute approximate surface area is 125 Å². The van der Waals surface area contributed by atoms with Crippen LogP contribution in [0.15, 0.2) is 18.2 Å². The van der Waals surface area contributed by atoms with Crippen LogP contribution in [0, 0.1) is 10.7 Å². The Kier molecular flexibility index (Phi) is 4.50. The van der Waals surface area contributed by atoms with Crippen molar-refractivity contribution >= 4 is 23.3 Å². The van der Waals surface area contributed by atoms with E-state index in [1.54, 1.807) is 7.11 Å². The van der Waals surface area contributed by atoms with Crippen LogP contribution >= 0.6 is 12.2 Å². The van der Waals surface area contributed by atoms with Crippen molar-refractivity contribution in [3.05, 3.63) is 23.0 Å². The van der Waals surface area contributed by atoms with E-state index in [1.807, 2.05) is 18.2 Å². The summed E-state index contributed by atoms with van der Waals surface area (Å²) in [7, 11) is 5.87. The number of rotatable bonds is 5. The molecule has 2 rings (SSSR count). The lowest BCUT2D eigenvalue weighted by molar-refractivity contribution is 0.272. The van der Waals surface area contributed by atoms with E-state index in [9.17, 15) is 0 Å². The number of aromatic amines is 1. The molecule has 0 amide bonds. The minimum Gasteiger partial charge on any atom is -0.497 e. The second-order valence-electron chi connectivity index (χ2n) is 5.76. The van der Waals surface area contributed by atoms with Crippen LogP contribution in [0.25, 0.3) is 11.0 Å². The number of nitrogens with one attached hydrogen (secondary N) is 1. The summed E-state index contributed by atoms with van der Waals surface area (Å²) >= 11 is 5.53. The number of nitrogens with zero attached hydrogens (tertiary/aromatic N) is 2. The highest BCUT2D eigenvalue weighted by Crippen LogP contribution is 2.27. The molecule has 0 aliphatic rings. The first-order valence-electron chi connectivity index (χ1n) is 6.87. The number of hydrogen-bond donors (Lipinski definition) is 1. The number of hydrogen-bond acceptors (Lipinski definition) is 3. The van der Waals surface area contributed by atoms with E-state index in [2.05, 4.69) is 42.4 Å². The zero-order valence-electron chi connectivity index (χ0n) is 12.8. The molecule has 1 N–H and O–H groups in total. The van der Waals surface area contributed by atoms with Gasteiger partial charge in [0, 0.05) is 12.6 Å². The first kappa shape index (κ1) is 15.1. The van der Waals surface area contributed by atoms with E-state index in [1.165, 1.54) is 0 Å². The smallest absolute Gasteiger partial charge is 0.178 e. The molecule has 1 unspecified atom stereocenters. The van der Waals surface area contributed by atoms with Gasteiger partial charge in [0.2, 0.25) is 0 Å². The molecule has 1 atom stereocenters. The maximum atomic E-state index is 5.53. The number of aromatic nitrogens is 2. The summed E-state index contributed by atoms with van der Waals surface area (Å²) in [5.41, 5.74) is 2.16. The van der Waals surface area contributed by atoms with Crippen LogP contribution in [0.2, 0.25) is 0 Å². The summed E-state index contributed by atoms with van der Waals surface area (Å²) < 4.78 is 8.33. The molecule has 0 spiro atoms. The van der Waals surface area contributed by atoms with E-state index >= 15 is 0 Å². The summed E-state index contributed by atoms with van der Waals surface area (Å²) in [6.45, 7) is 5.42. The van der Waals surface area contributed by atoms with Gasteiger partial charge >= 0.3 is 0 Å². The Morgan fingerprint density at radius 2 is 2.05 bits per heavy atom. The molecule has 0 saturated heterocycles. The van der Waals surface area contributed by atoms with Crippen LogP contribution < -0.4 is 4.74 Å². The van der Waals surface area contributed by atoms with Crippen molar-refractivity contribution in [1.82, 2.24) is 14.5 Å². The summed E-state index contributed by atoms with van der Waals surface area (Å²) in [5, 5.41) is 0. The van der Waals surface area contributed by atoms with Crippen molar-refractivity contribution < 1.29 is 4.74 Å². The van der Waals surface area contributed by atoms with Gasteiger partial charge in [-0.1, -0.05) is 13.8 Å². The van der Waals surface area contributed by atoms with Gasteiger partial charge < -0.3 is 19.2 Å². The number of fused-ring (bicyclic) bond motifs is 1. The van der Waals surface area contributed by atoms with E-state index in [0.29, 0.717) is 12.0 Å². The Morgan fingerprint density at radius 3 is 2.60 bits per heavy atom. The molecule has 2 aromatic rings. The van der Waals surface area contributed by atoms with Crippen LogP contribution in [0.3, 0.4) is 0 Å². The molecular weight excluding hydrogens is 270 g/mol. The van der Waals surface area contributed by atoms with Crippen molar-refractivity contribution in [3.63, 3.8) is 0 Å². The van der Waals surface area contributed by atoms with E-state index in [0.717, 1.165) is 28.1 Å². The number of likely N-dealkylation sites (N-methyl/N-ethyl adjacent to an activating group) is 1. The Morgan fingerprint density at radius 1 is 1.35 bits per heavy atom. The highest BCUT2D eigenvalue weighted by atomic mass is 32.1. The average Bonchev–Trinajstić information content (AvgIpc) is 2.70. The van der Waals surface area contributed by atoms with Crippen molar-refractivity contribution in [1.29, 1.82) is 0 Å². The topological polar surface area (TPSA) is 33.2 Å². The van der Waals surface area contributed by atoms with Crippen molar-refractivity contribution in [2.45, 2.75) is 19.9 Å². The van der Waals surface area contributed by atoms with E-state index in [4.69, 9.17) is 17.0 Å². The fraction of sp³-hybridized carbons (Fsp3) is 0.533. The Balaban J connectivity index is 2.60. The fourth-order valence-electron chi connectivity index (χ4n) is 2.52. The predicted octanol–water partition coefficient (Wildman–Crippen LogP) is 3.47. The maximum absolute atomic E-state index is 5.53. The van der Waals surface area contributed by atoms with Gasteiger partial charge in [0.25, 0.3) is 0 Å². The lowest BCUT2D eigenvalue weighted by atomic mass is 10.0. The highest BCUT2D eigenvalue weighted by Gasteiger charge is 2.20. The van der Waals surface area contributed by atoms with Gasteiger partial charge in [0.15, 0.2) is 4.77 Å². The summed E-state index contributed by atoms with van der Waals surface area (Å²) in [4.78, 5) is 5.49.